The van der Waals surface area contributed by atoms with Gasteiger partial charge in [-0.2, -0.15) is 0 Å². The third-order valence-electron chi connectivity index (χ3n) is 7.33. The van der Waals surface area contributed by atoms with Gasteiger partial charge in [-0.15, -0.1) is 0 Å². The van der Waals surface area contributed by atoms with Crippen LogP contribution >= 0.6 is 0 Å². The summed E-state index contributed by atoms with van der Waals surface area (Å²) in [6.07, 6.45) is 3.32. The van der Waals surface area contributed by atoms with Gasteiger partial charge in [0.05, 0.1) is 29.4 Å². The van der Waals surface area contributed by atoms with Gasteiger partial charge >= 0.3 is 0 Å². The van der Waals surface area contributed by atoms with E-state index in [0.29, 0.717) is 36.9 Å². The fourth-order valence-corrected chi connectivity index (χ4v) is 5.08. The molecule has 1 aromatic heterocycles. The molecular formula is C31H39FN4O4. The van der Waals surface area contributed by atoms with Crippen molar-refractivity contribution >= 4 is 22.8 Å². The zero-order valence-electron chi connectivity index (χ0n) is 23.2. The number of hydrogen-bond acceptors (Lipinski definition) is 6. The summed E-state index contributed by atoms with van der Waals surface area (Å²) in [5.74, 6) is -1.13. The topological polar surface area (TPSA) is 113 Å². The summed E-state index contributed by atoms with van der Waals surface area (Å²) in [7, 11) is 0. The highest BCUT2D eigenvalue weighted by molar-refractivity contribution is 5.99. The normalized spacial score (nSPS) is 17.8. The highest BCUT2D eigenvalue weighted by Crippen LogP contribution is 2.26. The number of halogens is 1. The van der Waals surface area contributed by atoms with E-state index in [1.165, 1.54) is 20.0 Å². The van der Waals surface area contributed by atoms with Crippen LogP contribution in [-0.2, 0) is 16.0 Å². The summed E-state index contributed by atoms with van der Waals surface area (Å²) in [5, 5.41) is 17.5. The highest BCUT2D eigenvalue weighted by Gasteiger charge is 2.47. The van der Waals surface area contributed by atoms with Crippen LogP contribution in [-0.4, -0.2) is 63.5 Å². The van der Waals surface area contributed by atoms with Crippen LogP contribution in [0.2, 0.25) is 0 Å². The van der Waals surface area contributed by atoms with Crippen LogP contribution in [0.25, 0.3) is 11.0 Å². The number of rotatable bonds is 13. The van der Waals surface area contributed by atoms with Crippen LogP contribution in [0.1, 0.15) is 68.4 Å². The van der Waals surface area contributed by atoms with E-state index in [1.807, 2.05) is 36.4 Å². The number of amides is 2. The van der Waals surface area contributed by atoms with Crippen molar-refractivity contribution in [2.75, 3.05) is 13.2 Å². The van der Waals surface area contributed by atoms with Crippen molar-refractivity contribution in [3.05, 3.63) is 72.1 Å². The number of alkyl halides is 1. The molecule has 1 saturated heterocycles. The first-order chi connectivity index (χ1) is 19.2. The quantitative estimate of drug-likeness (QED) is 0.274. The largest absolute Gasteiger partial charge is 0.390 e. The number of para-hydroxylation sites is 2. The predicted molar refractivity (Wildman–Crippen MR) is 152 cm³/mol. The zero-order chi connectivity index (χ0) is 28.6. The molecule has 3 aromatic rings. The molecule has 2 heterocycles. The van der Waals surface area contributed by atoms with Gasteiger partial charge in [-0.1, -0.05) is 55.3 Å². The number of carbonyl (C=O) groups excluding carboxylic acids is 2. The number of benzene rings is 2. The van der Waals surface area contributed by atoms with Crippen molar-refractivity contribution in [1.29, 1.82) is 0 Å². The predicted octanol–water partition coefficient (Wildman–Crippen LogP) is 4.31. The summed E-state index contributed by atoms with van der Waals surface area (Å²) in [6, 6.07) is 16.4. The van der Waals surface area contributed by atoms with Gasteiger partial charge in [0.15, 0.2) is 0 Å². The maximum atomic E-state index is 14.1. The molecule has 1 aliphatic rings. The summed E-state index contributed by atoms with van der Waals surface area (Å²) in [6.45, 7) is 3.95. The van der Waals surface area contributed by atoms with Crippen LogP contribution in [0.15, 0.2) is 60.8 Å². The second-order valence-electron chi connectivity index (χ2n) is 11.2. The van der Waals surface area contributed by atoms with Crippen LogP contribution < -0.4 is 10.6 Å². The Morgan fingerprint density at radius 3 is 2.52 bits per heavy atom. The molecule has 214 valence electrons. The van der Waals surface area contributed by atoms with E-state index in [-0.39, 0.29) is 31.2 Å². The Kier molecular flexibility index (Phi) is 9.81. The fraction of sp³-hybridized carbons (Fsp3) is 0.484. The molecular weight excluding hydrogens is 511 g/mol. The van der Waals surface area contributed by atoms with Crippen LogP contribution in [0.4, 0.5) is 4.39 Å². The van der Waals surface area contributed by atoms with Crippen molar-refractivity contribution in [3.63, 3.8) is 0 Å². The van der Waals surface area contributed by atoms with E-state index in [1.54, 1.807) is 18.2 Å². The average Bonchev–Trinajstić information content (AvgIpc) is 3.47. The molecule has 40 heavy (non-hydrogen) atoms. The molecule has 1 aliphatic heterocycles. The first kappa shape index (κ1) is 29.6. The van der Waals surface area contributed by atoms with Gasteiger partial charge in [0.2, 0.25) is 5.91 Å². The number of nitrogens with one attached hydrogen (secondary N) is 2. The molecule has 4 rings (SSSR count). The maximum Gasteiger partial charge on any atom is 0.272 e. The molecule has 0 aliphatic carbocycles. The second-order valence-corrected chi connectivity index (χ2v) is 11.2. The molecule has 0 bridgehead atoms. The molecule has 1 fully saturated rings. The number of aliphatic hydroxyl groups is 1. The summed E-state index contributed by atoms with van der Waals surface area (Å²) in [5.41, 5.74) is -1.05. The van der Waals surface area contributed by atoms with Gasteiger partial charge in [-0.05, 0) is 57.2 Å². The van der Waals surface area contributed by atoms with Gasteiger partial charge in [0.25, 0.3) is 5.91 Å². The van der Waals surface area contributed by atoms with Crippen molar-refractivity contribution in [2.24, 2.45) is 0 Å². The Balaban J connectivity index is 1.64. The van der Waals surface area contributed by atoms with Crippen molar-refractivity contribution in [2.45, 2.75) is 82.2 Å². The average molecular weight is 551 g/mol. The minimum atomic E-state index is -1.71. The lowest BCUT2D eigenvalue weighted by Gasteiger charge is -2.38. The van der Waals surface area contributed by atoms with Gasteiger partial charge in [0.1, 0.15) is 16.9 Å². The first-order valence-electron chi connectivity index (χ1n) is 14.0. The number of unbranched alkanes of at least 4 members (excludes halogenated alkanes) is 1. The Labute approximate surface area is 234 Å². The summed E-state index contributed by atoms with van der Waals surface area (Å²) in [4.78, 5) is 36.4. The fourth-order valence-electron chi connectivity index (χ4n) is 5.08. The lowest BCUT2D eigenvalue weighted by Crippen LogP contribution is -2.67. The smallest absolute Gasteiger partial charge is 0.272 e. The highest BCUT2D eigenvalue weighted by atomic mass is 19.1. The van der Waals surface area contributed by atoms with Crippen LogP contribution in [0.5, 0.6) is 0 Å². The van der Waals surface area contributed by atoms with E-state index < -0.39 is 29.1 Å². The van der Waals surface area contributed by atoms with Gasteiger partial charge in [-0.25, -0.2) is 9.37 Å². The lowest BCUT2D eigenvalue weighted by molar-refractivity contribution is -0.133. The minimum absolute atomic E-state index is 0.0365. The molecule has 0 saturated carbocycles. The molecule has 3 N–H and O–H groups in total. The standard InChI is InChI=1S/C31H39FN4O4/c1-30(2,32)17-9-8-16-27(37)31(19-22-11-4-3-5-12-22,29(39)34-20-23-13-10-18-40-23)36-28(38)26-21-33-24-14-6-7-15-25(24)35-26/h3-7,11-12,14-15,21,23,27,37H,8-10,13,16-20H2,1-2H3,(H,34,39)(H,36,38)/t23?,27-,31-/m0/s1. The Hall–Kier alpha value is -3.43. The third-order valence-corrected chi connectivity index (χ3v) is 7.33. The first-order valence-corrected chi connectivity index (χ1v) is 14.0. The number of fused-ring (bicyclic) bond motifs is 1. The van der Waals surface area contributed by atoms with E-state index in [2.05, 4.69) is 20.6 Å². The van der Waals surface area contributed by atoms with Crippen LogP contribution in [0, 0.1) is 0 Å². The zero-order valence-corrected chi connectivity index (χ0v) is 23.2. The monoisotopic (exact) mass is 550 g/mol. The van der Waals surface area contributed by atoms with E-state index in [0.717, 1.165) is 18.4 Å². The molecule has 0 radical (unpaired) electrons. The van der Waals surface area contributed by atoms with Crippen molar-refractivity contribution in [1.82, 2.24) is 20.6 Å². The van der Waals surface area contributed by atoms with Gasteiger partial charge in [-0.3, -0.25) is 14.6 Å². The number of carbonyl (C=O) groups is 2. The SMILES string of the molecule is CC(C)(F)CCCC[C@H](O)[C@](Cc1ccccc1)(NC(=O)c1cnc2ccccc2n1)C(=O)NCC1CCCO1. The minimum Gasteiger partial charge on any atom is -0.390 e. The van der Waals surface area contributed by atoms with Gasteiger partial charge < -0.3 is 20.5 Å². The number of hydrogen-bond donors (Lipinski definition) is 3. The molecule has 2 amide bonds. The van der Waals surface area contributed by atoms with E-state index in [9.17, 15) is 19.1 Å². The molecule has 1 unspecified atom stereocenters. The summed E-state index contributed by atoms with van der Waals surface area (Å²) < 4.78 is 19.8. The Morgan fingerprint density at radius 2 is 1.82 bits per heavy atom. The molecule has 3 atom stereocenters. The van der Waals surface area contributed by atoms with Crippen molar-refractivity contribution < 1.29 is 23.8 Å². The Morgan fingerprint density at radius 1 is 1.10 bits per heavy atom. The summed E-state index contributed by atoms with van der Waals surface area (Å²) >= 11 is 0. The molecule has 8 nitrogen and oxygen atoms in total. The second kappa shape index (κ2) is 13.3. The number of ether oxygens (including phenoxy) is 1. The number of aliphatic hydroxyl groups excluding tert-OH is 1. The third kappa shape index (κ3) is 7.82. The Bertz CT molecular complexity index is 1280. The van der Waals surface area contributed by atoms with Crippen LogP contribution in [0.3, 0.4) is 0 Å². The van der Waals surface area contributed by atoms with Gasteiger partial charge in [0, 0.05) is 19.6 Å². The van der Waals surface area contributed by atoms with E-state index in [4.69, 9.17) is 4.74 Å². The number of aromatic nitrogens is 2. The molecule has 9 heteroatoms. The lowest BCUT2D eigenvalue weighted by atomic mass is 9.81. The number of nitrogens with zero attached hydrogens (tertiary/aromatic N) is 2. The maximum absolute atomic E-state index is 14.1. The van der Waals surface area contributed by atoms with E-state index >= 15 is 0 Å². The molecule has 2 aromatic carbocycles. The molecule has 0 spiro atoms. The van der Waals surface area contributed by atoms with Crippen molar-refractivity contribution in [3.8, 4) is 0 Å².